The van der Waals surface area contributed by atoms with Crippen LogP contribution in [0.1, 0.15) is 60.6 Å². The molecule has 0 N–H and O–H groups in total. The summed E-state index contributed by atoms with van der Waals surface area (Å²) in [4.78, 5) is 15.2. The maximum Gasteiger partial charge on any atom is 0.152 e. The van der Waals surface area contributed by atoms with Crippen LogP contribution >= 0.6 is 0 Å². The second kappa shape index (κ2) is 5.64. The van der Waals surface area contributed by atoms with Crippen LogP contribution in [0.15, 0.2) is 12.3 Å². The predicted molar refractivity (Wildman–Crippen MR) is 62.3 cm³/mol. The van der Waals surface area contributed by atoms with Crippen molar-refractivity contribution in [1.29, 1.82) is 0 Å². The van der Waals surface area contributed by atoms with E-state index in [0.717, 1.165) is 36.8 Å². The Hall–Kier alpha value is -1.18. The number of hydrogen-bond acceptors (Lipinski definition) is 2. The molecule has 0 spiro atoms. The molecule has 0 bridgehead atoms. The summed E-state index contributed by atoms with van der Waals surface area (Å²) in [5, 5.41) is 0. The number of carbonyl (C=O) groups excluding carboxylic acids is 1. The van der Waals surface area contributed by atoms with Crippen molar-refractivity contribution in [1.82, 2.24) is 4.98 Å². The molecule has 0 aromatic carbocycles. The van der Waals surface area contributed by atoms with Gasteiger partial charge >= 0.3 is 0 Å². The van der Waals surface area contributed by atoms with Crippen LogP contribution in [0.2, 0.25) is 0 Å². The van der Waals surface area contributed by atoms with Gasteiger partial charge in [0, 0.05) is 17.5 Å². The van der Waals surface area contributed by atoms with Gasteiger partial charge in [0.25, 0.3) is 0 Å². The number of aldehydes is 1. The molecule has 0 aliphatic heterocycles. The van der Waals surface area contributed by atoms with Crippen molar-refractivity contribution in [2.24, 2.45) is 0 Å². The lowest BCUT2D eigenvalue weighted by atomic mass is 9.89. The Morgan fingerprint density at radius 3 is 2.73 bits per heavy atom. The van der Waals surface area contributed by atoms with E-state index in [2.05, 4.69) is 18.8 Å². The highest BCUT2D eigenvalue weighted by atomic mass is 16.1. The number of nitrogens with zero attached hydrogens (tertiary/aromatic N) is 1. The van der Waals surface area contributed by atoms with Crippen LogP contribution in [0.25, 0.3) is 0 Å². The summed E-state index contributed by atoms with van der Waals surface area (Å²) in [7, 11) is 0. The maximum absolute atomic E-state index is 11.0. The summed E-state index contributed by atoms with van der Waals surface area (Å²) < 4.78 is 0. The summed E-state index contributed by atoms with van der Waals surface area (Å²) >= 11 is 0. The van der Waals surface area contributed by atoms with Gasteiger partial charge in [0.2, 0.25) is 0 Å². The highest BCUT2D eigenvalue weighted by Crippen LogP contribution is 2.27. The van der Waals surface area contributed by atoms with Gasteiger partial charge in [-0.25, -0.2) is 0 Å². The van der Waals surface area contributed by atoms with Crippen LogP contribution in [-0.2, 0) is 0 Å². The van der Waals surface area contributed by atoms with Gasteiger partial charge in [0.05, 0.1) is 0 Å². The van der Waals surface area contributed by atoms with Crippen LogP contribution in [-0.4, -0.2) is 11.3 Å². The molecule has 0 aliphatic carbocycles. The molecule has 2 nitrogen and oxygen atoms in total. The molecule has 0 saturated heterocycles. The first-order chi connectivity index (χ1) is 7.24. The fourth-order valence-corrected chi connectivity index (χ4v) is 2.03. The first-order valence-corrected chi connectivity index (χ1v) is 5.65. The van der Waals surface area contributed by atoms with Crippen LogP contribution < -0.4 is 0 Å². The Balaban J connectivity index is 3.10. The highest BCUT2D eigenvalue weighted by Gasteiger charge is 2.14. The molecule has 2 heteroatoms. The average Bonchev–Trinajstić information content (AvgIpc) is 2.25. The molecule has 0 aliphatic rings. The Morgan fingerprint density at radius 2 is 2.20 bits per heavy atom. The van der Waals surface area contributed by atoms with E-state index in [1.165, 1.54) is 5.56 Å². The summed E-state index contributed by atoms with van der Waals surface area (Å²) in [6.07, 6.45) is 6.11. The van der Waals surface area contributed by atoms with E-state index in [0.29, 0.717) is 5.92 Å². The molecule has 0 radical (unpaired) electrons. The lowest BCUT2D eigenvalue weighted by Crippen LogP contribution is -2.04. The second-order valence-corrected chi connectivity index (χ2v) is 3.91. The van der Waals surface area contributed by atoms with Gasteiger partial charge in [-0.1, -0.05) is 20.3 Å². The lowest BCUT2D eigenvalue weighted by Gasteiger charge is -2.16. The molecule has 15 heavy (non-hydrogen) atoms. The fourth-order valence-electron chi connectivity index (χ4n) is 2.03. The summed E-state index contributed by atoms with van der Waals surface area (Å²) in [6.45, 7) is 6.24. The van der Waals surface area contributed by atoms with Crippen LogP contribution in [0.3, 0.4) is 0 Å². The normalized spacial score (nSPS) is 12.5. The molecule has 82 valence electrons. The molecule has 1 heterocycles. The number of hydrogen-bond donors (Lipinski definition) is 0. The summed E-state index contributed by atoms with van der Waals surface area (Å²) in [6, 6.07) is 1.99. The molecule has 0 fully saturated rings. The topological polar surface area (TPSA) is 30.0 Å². The van der Waals surface area contributed by atoms with Crippen molar-refractivity contribution in [2.75, 3.05) is 0 Å². The third kappa shape index (κ3) is 2.65. The SMILES string of the molecule is CCCC(CC)c1ccnc(C)c1C=O. The maximum atomic E-state index is 11.0. The minimum Gasteiger partial charge on any atom is -0.298 e. The molecule has 0 amide bonds. The largest absolute Gasteiger partial charge is 0.298 e. The lowest BCUT2D eigenvalue weighted by molar-refractivity contribution is 0.112. The minimum absolute atomic E-state index is 0.497. The van der Waals surface area contributed by atoms with E-state index in [9.17, 15) is 4.79 Å². The molecule has 0 saturated carbocycles. The van der Waals surface area contributed by atoms with Crippen LogP contribution in [0.4, 0.5) is 0 Å². The Labute approximate surface area is 91.7 Å². The molecule has 1 aromatic heterocycles. The van der Waals surface area contributed by atoms with Gasteiger partial charge in [-0.15, -0.1) is 0 Å². The van der Waals surface area contributed by atoms with Crippen molar-refractivity contribution < 1.29 is 4.79 Å². The number of aryl methyl sites for hydroxylation is 1. The van der Waals surface area contributed by atoms with E-state index in [1.54, 1.807) is 6.20 Å². The average molecular weight is 205 g/mol. The first-order valence-electron chi connectivity index (χ1n) is 5.65. The number of aromatic nitrogens is 1. The van der Waals surface area contributed by atoms with Crippen molar-refractivity contribution in [3.63, 3.8) is 0 Å². The zero-order valence-electron chi connectivity index (χ0n) is 9.79. The minimum atomic E-state index is 0.497. The van der Waals surface area contributed by atoms with Gasteiger partial charge in [0.15, 0.2) is 6.29 Å². The number of pyridine rings is 1. The predicted octanol–water partition coefficient (Wildman–Crippen LogP) is 3.50. The third-order valence-electron chi connectivity index (χ3n) is 2.91. The fraction of sp³-hybridized carbons (Fsp3) is 0.538. The quantitative estimate of drug-likeness (QED) is 0.689. The first kappa shape index (κ1) is 11.9. The molecule has 1 aromatic rings. The Morgan fingerprint density at radius 1 is 1.47 bits per heavy atom. The van der Waals surface area contributed by atoms with Gasteiger partial charge in [-0.05, 0) is 37.3 Å². The number of carbonyl (C=O) groups is 1. The molecule has 1 atom stereocenters. The van der Waals surface area contributed by atoms with Gasteiger partial charge in [0.1, 0.15) is 0 Å². The van der Waals surface area contributed by atoms with Gasteiger partial charge in [-0.2, -0.15) is 0 Å². The van der Waals surface area contributed by atoms with Crippen molar-refractivity contribution in [3.05, 3.63) is 29.1 Å². The summed E-state index contributed by atoms with van der Waals surface area (Å²) in [5.41, 5.74) is 2.80. The van der Waals surface area contributed by atoms with Gasteiger partial charge < -0.3 is 0 Å². The second-order valence-electron chi connectivity index (χ2n) is 3.91. The molecule has 1 rings (SSSR count). The highest BCUT2D eigenvalue weighted by molar-refractivity contribution is 5.79. The van der Waals surface area contributed by atoms with E-state index in [-0.39, 0.29) is 0 Å². The van der Waals surface area contributed by atoms with Gasteiger partial charge in [-0.3, -0.25) is 9.78 Å². The molecular weight excluding hydrogens is 186 g/mol. The smallest absolute Gasteiger partial charge is 0.152 e. The zero-order chi connectivity index (χ0) is 11.3. The van der Waals surface area contributed by atoms with Crippen molar-refractivity contribution in [2.45, 2.75) is 46.0 Å². The standard InChI is InChI=1S/C13H19NO/c1-4-6-11(5-2)12-7-8-14-10(3)13(12)9-15/h7-9,11H,4-6H2,1-3H3. The Kier molecular flexibility index (Phi) is 4.47. The Bertz CT molecular complexity index is 333. The van der Waals surface area contributed by atoms with E-state index in [1.807, 2.05) is 13.0 Å². The van der Waals surface area contributed by atoms with E-state index < -0.39 is 0 Å². The third-order valence-corrected chi connectivity index (χ3v) is 2.91. The van der Waals surface area contributed by atoms with Crippen LogP contribution in [0, 0.1) is 6.92 Å². The molecule has 1 unspecified atom stereocenters. The zero-order valence-corrected chi connectivity index (χ0v) is 9.79. The van der Waals surface area contributed by atoms with Crippen molar-refractivity contribution in [3.8, 4) is 0 Å². The van der Waals surface area contributed by atoms with E-state index in [4.69, 9.17) is 0 Å². The van der Waals surface area contributed by atoms with Crippen LogP contribution in [0.5, 0.6) is 0 Å². The summed E-state index contributed by atoms with van der Waals surface area (Å²) in [5.74, 6) is 0.497. The molecular formula is C13H19NO. The monoisotopic (exact) mass is 205 g/mol. The van der Waals surface area contributed by atoms with Crippen molar-refractivity contribution >= 4 is 6.29 Å². The van der Waals surface area contributed by atoms with E-state index >= 15 is 0 Å². The number of rotatable bonds is 5.